The van der Waals surface area contributed by atoms with E-state index in [2.05, 4.69) is 15.3 Å². The van der Waals surface area contributed by atoms with Gasteiger partial charge in [0.15, 0.2) is 0 Å². The van der Waals surface area contributed by atoms with Gasteiger partial charge in [0.05, 0.1) is 12.4 Å². The first-order valence-corrected chi connectivity index (χ1v) is 5.34. The number of hydrogen-bond donors (Lipinski definition) is 3. The molecule has 0 fully saturated rings. The van der Waals surface area contributed by atoms with Gasteiger partial charge in [-0.05, 0) is 12.1 Å². The highest BCUT2D eigenvalue weighted by molar-refractivity contribution is 5.94. The molecule has 2 aromatic rings. The van der Waals surface area contributed by atoms with Crippen LogP contribution < -0.4 is 11.1 Å². The quantitative estimate of drug-likeness (QED) is 0.730. The molecule has 1 aromatic carbocycles. The monoisotopic (exact) mass is 230 g/mol. The molecule has 1 amide bonds. The van der Waals surface area contributed by atoms with E-state index in [-0.39, 0.29) is 5.91 Å². The summed E-state index contributed by atoms with van der Waals surface area (Å²) in [7, 11) is 0. The summed E-state index contributed by atoms with van der Waals surface area (Å²) in [5.41, 5.74) is 7.39. The lowest BCUT2D eigenvalue weighted by atomic mass is 10.1. The first-order valence-electron chi connectivity index (χ1n) is 5.34. The molecule has 1 atom stereocenters. The van der Waals surface area contributed by atoms with Crippen LogP contribution in [-0.2, 0) is 11.2 Å². The fourth-order valence-electron chi connectivity index (χ4n) is 1.48. The van der Waals surface area contributed by atoms with Crippen molar-refractivity contribution in [3.63, 3.8) is 0 Å². The fourth-order valence-corrected chi connectivity index (χ4v) is 1.48. The maximum absolute atomic E-state index is 11.8. The van der Waals surface area contributed by atoms with Gasteiger partial charge in [-0.15, -0.1) is 0 Å². The fraction of sp³-hybridized carbons (Fsp3) is 0.167. The van der Waals surface area contributed by atoms with Crippen molar-refractivity contribution >= 4 is 11.6 Å². The molecule has 4 N–H and O–H groups in total. The van der Waals surface area contributed by atoms with Crippen molar-refractivity contribution in [2.75, 3.05) is 5.32 Å². The van der Waals surface area contributed by atoms with Crippen LogP contribution in [0.15, 0.2) is 42.9 Å². The lowest BCUT2D eigenvalue weighted by Gasteiger charge is -2.11. The van der Waals surface area contributed by atoms with E-state index < -0.39 is 6.04 Å². The third-order valence-corrected chi connectivity index (χ3v) is 2.37. The molecule has 0 bridgehead atoms. The van der Waals surface area contributed by atoms with Crippen molar-refractivity contribution in [2.24, 2.45) is 5.73 Å². The predicted molar refractivity (Wildman–Crippen MR) is 65.3 cm³/mol. The second-order valence-corrected chi connectivity index (χ2v) is 3.74. The molecule has 88 valence electrons. The number of rotatable bonds is 4. The molecule has 1 heterocycles. The van der Waals surface area contributed by atoms with Crippen LogP contribution in [0.1, 0.15) is 5.69 Å². The third-order valence-electron chi connectivity index (χ3n) is 2.37. The maximum Gasteiger partial charge on any atom is 0.241 e. The summed E-state index contributed by atoms with van der Waals surface area (Å²) in [6.45, 7) is 0. The lowest BCUT2D eigenvalue weighted by Crippen LogP contribution is -2.37. The second kappa shape index (κ2) is 5.27. The first kappa shape index (κ1) is 11.3. The molecule has 5 nitrogen and oxygen atoms in total. The summed E-state index contributed by atoms with van der Waals surface area (Å²) in [6, 6.07) is 8.66. The number of para-hydroxylation sites is 1. The van der Waals surface area contributed by atoms with Gasteiger partial charge in [-0.3, -0.25) is 4.79 Å². The van der Waals surface area contributed by atoms with Crippen LogP contribution in [-0.4, -0.2) is 21.9 Å². The Hall–Kier alpha value is -2.14. The minimum atomic E-state index is -0.587. The summed E-state index contributed by atoms with van der Waals surface area (Å²) < 4.78 is 0. The number of nitrogens with zero attached hydrogens (tertiary/aromatic N) is 1. The second-order valence-electron chi connectivity index (χ2n) is 3.74. The van der Waals surface area contributed by atoms with E-state index in [0.717, 1.165) is 11.4 Å². The van der Waals surface area contributed by atoms with Gasteiger partial charge >= 0.3 is 0 Å². The molecule has 0 unspecified atom stereocenters. The SMILES string of the molecule is N[C@H](Cc1cnc[nH]1)C(=O)Nc1ccccc1. The molecular weight excluding hydrogens is 216 g/mol. The van der Waals surface area contributed by atoms with Gasteiger partial charge < -0.3 is 16.0 Å². The standard InChI is InChI=1S/C12H14N4O/c13-11(6-10-7-14-8-15-10)12(17)16-9-4-2-1-3-5-9/h1-5,7-8,11H,6,13H2,(H,14,15)(H,16,17)/t11-/m1/s1. The molecule has 0 saturated heterocycles. The Bertz CT molecular complexity index is 467. The summed E-state index contributed by atoms with van der Waals surface area (Å²) in [5, 5.41) is 2.76. The number of nitrogens with one attached hydrogen (secondary N) is 2. The molecule has 0 radical (unpaired) electrons. The molecule has 17 heavy (non-hydrogen) atoms. The van der Waals surface area contributed by atoms with E-state index in [4.69, 9.17) is 5.73 Å². The zero-order valence-corrected chi connectivity index (χ0v) is 9.26. The Kier molecular flexibility index (Phi) is 3.52. The average Bonchev–Trinajstić information content (AvgIpc) is 2.83. The molecule has 0 aliphatic heterocycles. The topological polar surface area (TPSA) is 83.8 Å². The number of carbonyl (C=O) groups is 1. The molecular formula is C12H14N4O. The zero-order valence-electron chi connectivity index (χ0n) is 9.26. The number of imidazole rings is 1. The van der Waals surface area contributed by atoms with Gasteiger partial charge in [0.2, 0.25) is 5.91 Å². The van der Waals surface area contributed by atoms with Crippen LogP contribution in [0, 0.1) is 0 Å². The number of carbonyl (C=O) groups excluding carboxylic acids is 1. The van der Waals surface area contributed by atoms with E-state index in [1.807, 2.05) is 30.3 Å². The van der Waals surface area contributed by atoms with Crippen molar-refractivity contribution in [1.82, 2.24) is 9.97 Å². The molecule has 5 heteroatoms. The van der Waals surface area contributed by atoms with Crippen molar-refractivity contribution in [3.05, 3.63) is 48.5 Å². The number of amides is 1. The van der Waals surface area contributed by atoms with E-state index >= 15 is 0 Å². The number of anilines is 1. The van der Waals surface area contributed by atoms with E-state index in [1.54, 1.807) is 12.5 Å². The number of aromatic nitrogens is 2. The van der Waals surface area contributed by atoms with Gasteiger partial charge in [-0.1, -0.05) is 18.2 Å². The van der Waals surface area contributed by atoms with Gasteiger partial charge in [-0.2, -0.15) is 0 Å². The smallest absolute Gasteiger partial charge is 0.241 e. The number of benzene rings is 1. The molecule has 0 aliphatic carbocycles. The Balaban J connectivity index is 1.92. The molecule has 1 aromatic heterocycles. The average molecular weight is 230 g/mol. The minimum absolute atomic E-state index is 0.203. The highest BCUT2D eigenvalue weighted by Crippen LogP contribution is 2.06. The molecule has 2 rings (SSSR count). The van der Waals surface area contributed by atoms with Crippen LogP contribution in [0.2, 0.25) is 0 Å². The van der Waals surface area contributed by atoms with E-state index in [0.29, 0.717) is 6.42 Å². The first-order chi connectivity index (χ1) is 8.25. The largest absolute Gasteiger partial charge is 0.348 e. The van der Waals surface area contributed by atoms with Crippen molar-refractivity contribution in [1.29, 1.82) is 0 Å². The molecule has 0 aliphatic rings. The Labute approximate surface area is 99.1 Å². The maximum atomic E-state index is 11.8. The highest BCUT2D eigenvalue weighted by atomic mass is 16.2. The summed E-state index contributed by atoms with van der Waals surface area (Å²) >= 11 is 0. The molecule has 0 spiro atoms. The highest BCUT2D eigenvalue weighted by Gasteiger charge is 2.14. The van der Waals surface area contributed by atoms with Crippen LogP contribution in [0.25, 0.3) is 0 Å². The van der Waals surface area contributed by atoms with Crippen LogP contribution in [0.5, 0.6) is 0 Å². The summed E-state index contributed by atoms with van der Waals surface area (Å²) in [5.74, 6) is -0.203. The number of aromatic amines is 1. The number of nitrogens with two attached hydrogens (primary N) is 1. The van der Waals surface area contributed by atoms with Crippen LogP contribution >= 0.6 is 0 Å². The normalized spacial score (nSPS) is 12.1. The van der Waals surface area contributed by atoms with Crippen molar-refractivity contribution in [3.8, 4) is 0 Å². The van der Waals surface area contributed by atoms with Crippen molar-refractivity contribution < 1.29 is 4.79 Å². The van der Waals surface area contributed by atoms with Crippen LogP contribution in [0.3, 0.4) is 0 Å². The van der Waals surface area contributed by atoms with Gasteiger partial charge in [0.25, 0.3) is 0 Å². The Morgan fingerprint density at radius 1 is 1.41 bits per heavy atom. The Morgan fingerprint density at radius 3 is 2.82 bits per heavy atom. The third kappa shape index (κ3) is 3.15. The van der Waals surface area contributed by atoms with Crippen molar-refractivity contribution in [2.45, 2.75) is 12.5 Å². The lowest BCUT2D eigenvalue weighted by molar-refractivity contribution is -0.117. The summed E-state index contributed by atoms with van der Waals surface area (Å²) in [6.07, 6.45) is 3.67. The van der Waals surface area contributed by atoms with Gasteiger partial charge in [-0.25, -0.2) is 4.98 Å². The van der Waals surface area contributed by atoms with Gasteiger partial charge in [0, 0.05) is 24.0 Å². The number of H-pyrrole nitrogens is 1. The van der Waals surface area contributed by atoms with Gasteiger partial charge in [0.1, 0.15) is 0 Å². The van der Waals surface area contributed by atoms with E-state index in [9.17, 15) is 4.79 Å². The molecule has 0 saturated carbocycles. The minimum Gasteiger partial charge on any atom is -0.348 e. The number of hydrogen-bond acceptors (Lipinski definition) is 3. The summed E-state index contributed by atoms with van der Waals surface area (Å²) in [4.78, 5) is 18.6. The van der Waals surface area contributed by atoms with Crippen LogP contribution in [0.4, 0.5) is 5.69 Å². The Morgan fingerprint density at radius 2 is 2.18 bits per heavy atom. The zero-order chi connectivity index (χ0) is 12.1. The van der Waals surface area contributed by atoms with E-state index in [1.165, 1.54) is 0 Å². The predicted octanol–water partition coefficient (Wildman–Crippen LogP) is 0.918.